The van der Waals surface area contributed by atoms with E-state index >= 15 is 0 Å². The number of halogens is 2. The summed E-state index contributed by atoms with van der Waals surface area (Å²) in [5.41, 5.74) is 1.49. The third-order valence-corrected chi connectivity index (χ3v) is 3.16. The summed E-state index contributed by atoms with van der Waals surface area (Å²) in [7, 11) is 1.60. The van der Waals surface area contributed by atoms with E-state index in [9.17, 15) is 4.39 Å². The first-order valence-corrected chi connectivity index (χ1v) is 6.29. The molecule has 0 spiro atoms. The van der Waals surface area contributed by atoms with Crippen molar-refractivity contribution in [2.75, 3.05) is 12.4 Å². The van der Waals surface area contributed by atoms with E-state index in [0.717, 1.165) is 11.3 Å². The number of hydrogen-bond acceptors (Lipinski definition) is 2. The summed E-state index contributed by atoms with van der Waals surface area (Å²) in [5, 5.41) is 3.06. The summed E-state index contributed by atoms with van der Waals surface area (Å²) < 4.78 is 18.1. The van der Waals surface area contributed by atoms with Crippen LogP contribution in [0.5, 0.6) is 5.75 Å². The molecule has 0 fully saturated rings. The molecule has 0 aliphatic heterocycles. The molecular weight excluding hydrogens is 285 g/mol. The lowest BCUT2D eigenvalue weighted by Crippen LogP contribution is -2.10. The van der Waals surface area contributed by atoms with E-state index in [1.807, 2.05) is 24.3 Å². The van der Waals surface area contributed by atoms with Crippen LogP contribution in [0.15, 0.2) is 42.5 Å². The van der Waals surface area contributed by atoms with Gasteiger partial charge in [-0.3, -0.25) is 0 Å². The average molecular weight is 296 g/mol. The van der Waals surface area contributed by atoms with Crippen LogP contribution in [0.25, 0.3) is 0 Å². The van der Waals surface area contributed by atoms with Gasteiger partial charge in [-0.1, -0.05) is 23.8 Å². The van der Waals surface area contributed by atoms with Gasteiger partial charge in [-0.05, 0) is 42.5 Å². The second-order valence-corrected chi connectivity index (χ2v) is 4.63. The number of ether oxygens (including phenoxy) is 1. The second-order valence-electron chi connectivity index (χ2n) is 3.81. The lowest BCUT2D eigenvalue weighted by molar-refractivity contribution is 0.415. The lowest BCUT2D eigenvalue weighted by Gasteiger charge is -2.09. The Morgan fingerprint density at radius 3 is 2.47 bits per heavy atom. The maximum absolute atomic E-state index is 13.0. The highest BCUT2D eigenvalue weighted by molar-refractivity contribution is 7.81. The number of anilines is 1. The van der Waals surface area contributed by atoms with Gasteiger partial charge in [0, 0.05) is 11.3 Å². The standard InChI is InChI=1S/C14H11ClFNOS/c1-18-11-5-2-9(3-6-11)14(19)17-10-4-7-13(16)12(15)8-10/h2-8H,1H3,(H,17,19). The Labute approximate surface area is 121 Å². The van der Waals surface area contributed by atoms with Crippen molar-refractivity contribution in [1.29, 1.82) is 0 Å². The molecule has 2 rings (SSSR count). The number of thiocarbonyl (C=S) groups is 1. The SMILES string of the molecule is COc1ccc(C(=S)Nc2ccc(F)c(Cl)c2)cc1. The minimum Gasteiger partial charge on any atom is -0.497 e. The second kappa shape index (κ2) is 5.99. The van der Waals surface area contributed by atoms with Crippen molar-refractivity contribution >= 4 is 34.5 Å². The largest absolute Gasteiger partial charge is 0.497 e. The van der Waals surface area contributed by atoms with E-state index < -0.39 is 5.82 Å². The zero-order valence-electron chi connectivity index (χ0n) is 10.1. The van der Waals surface area contributed by atoms with Crippen LogP contribution in [0.1, 0.15) is 5.56 Å². The molecule has 19 heavy (non-hydrogen) atoms. The first-order chi connectivity index (χ1) is 9.10. The Morgan fingerprint density at radius 2 is 1.89 bits per heavy atom. The van der Waals surface area contributed by atoms with Gasteiger partial charge in [-0.15, -0.1) is 0 Å². The maximum atomic E-state index is 13.0. The summed E-state index contributed by atoms with van der Waals surface area (Å²) >= 11 is 11.0. The Kier molecular flexibility index (Phi) is 4.35. The molecule has 0 unspecified atom stereocenters. The Morgan fingerprint density at radius 1 is 1.21 bits per heavy atom. The smallest absolute Gasteiger partial charge is 0.141 e. The van der Waals surface area contributed by atoms with Gasteiger partial charge in [0.1, 0.15) is 16.6 Å². The Bertz CT molecular complexity index is 601. The van der Waals surface area contributed by atoms with Gasteiger partial charge in [-0.25, -0.2) is 4.39 Å². The molecule has 98 valence electrons. The van der Waals surface area contributed by atoms with Gasteiger partial charge in [0.25, 0.3) is 0 Å². The van der Waals surface area contributed by atoms with Crippen molar-refractivity contribution in [2.45, 2.75) is 0 Å². The molecule has 0 amide bonds. The number of benzene rings is 2. The number of methoxy groups -OCH3 is 1. The van der Waals surface area contributed by atoms with Gasteiger partial charge in [0.15, 0.2) is 0 Å². The first kappa shape index (κ1) is 13.8. The van der Waals surface area contributed by atoms with E-state index in [2.05, 4.69) is 5.32 Å². The third-order valence-electron chi connectivity index (χ3n) is 2.53. The molecule has 1 N–H and O–H groups in total. The van der Waals surface area contributed by atoms with Crippen LogP contribution in [0.3, 0.4) is 0 Å². The minimum atomic E-state index is -0.456. The third kappa shape index (κ3) is 3.43. The van der Waals surface area contributed by atoms with Crippen molar-refractivity contribution in [2.24, 2.45) is 0 Å². The molecule has 0 saturated heterocycles. The highest BCUT2D eigenvalue weighted by Crippen LogP contribution is 2.20. The first-order valence-electron chi connectivity index (χ1n) is 5.50. The van der Waals surface area contributed by atoms with E-state index in [-0.39, 0.29) is 5.02 Å². The molecule has 2 nitrogen and oxygen atoms in total. The summed E-state index contributed by atoms with van der Waals surface area (Å²) in [4.78, 5) is 0.533. The number of rotatable bonds is 3. The molecule has 5 heteroatoms. The Balaban J connectivity index is 2.13. The van der Waals surface area contributed by atoms with Gasteiger partial charge in [0.05, 0.1) is 12.1 Å². The molecule has 0 aliphatic rings. The van der Waals surface area contributed by atoms with Crippen LogP contribution < -0.4 is 10.1 Å². The molecule has 0 aromatic heterocycles. The summed E-state index contributed by atoms with van der Waals surface area (Å²) in [6.45, 7) is 0. The molecule has 0 aliphatic carbocycles. The minimum absolute atomic E-state index is 0.0579. The fraction of sp³-hybridized carbons (Fsp3) is 0.0714. The van der Waals surface area contributed by atoms with Crippen LogP contribution in [0, 0.1) is 5.82 Å². The van der Waals surface area contributed by atoms with Crippen molar-refractivity contribution in [3.8, 4) is 5.75 Å². The topological polar surface area (TPSA) is 21.3 Å². The maximum Gasteiger partial charge on any atom is 0.141 e. The van der Waals surface area contributed by atoms with E-state index in [4.69, 9.17) is 28.6 Å². The van der Waals surface area contributed by atoms with Crippen LogP contribution in [-0.2, 0) is 0 Å². The molecule has 0 saturated carbocycles. The van der Waals surface area contributed by atoms with Crippen LogP contribution in [0.4, 0.5) is 10.1 Å². The van der Waals surface area contributed by atoms with Gasteiger partial charge < -0.3 is 10.1 Å². The number of hydrogen-bond donors (Lipinski definition) is 1. The average Bonchev–Trinajstić information content (AvgIpc) is 2.43. The molecular formula is C14H11ClFNOS. The normalized spacial score (nSPS) is 10.1. The van der Waals surface area contributed by atoms with Crippen LogP contribution in [0.2, 0.25) is 5.02 Å². The van der Waals surface area contributed by atoms with E-state index in [0.29, 0.717) is 10.7 Å². The summed E-state index contributed by atoms with van der Waals surface area (Å²) in [6, 6.07) is 11.7. The monoisotopic (exact) mass is 295 g/mol. The predicted molar refractivity (Wildman–Crippen MR) is 79.7 cm³/mol. The van der Waals surface area contributed by atoms with E-state index in [1.54, 1.807) is 13.2 Å². The molecule has 2 aromatic rings. The highest BCUT2D eigenvalue weighted by atomic mass is 35.5. The fourth-order valence-corrected chi connectivity index (χ4v) is 1.95. The lowest BCUT2D eigenvalue weighted by atomic mass is 10.2. The van der Waals surface area contributed by atoms with E-state index in [1.165, 1.54) is 12.1 Å². The van der Waals surface area contributed by atoms with Gasteiger partial charge in [0.2, 0.25) is 0 Å². The summed E-state index contributed by atoms with van der Waals surface area (Å²) in [6.07, 6.45) is 0. The fourth-order valence-electron chi connectivity index (χ4n) is 1.52. The van der Waals surface area contributed by atoms with Crippen molar-refractivity contribution in [1.82, 2.24) is 0 Å². The van der Waals surface area contributed by atoms with Crippen molar-refractivity contribution in [3.63, 3.8) is 0 Å². The van der Waals surface area contributed by atoms with Crippen molar-refractivity contribution in [3.05, 3.63) is 58.9 Å². The molecule has 0 bridgehead atoms. The zero-order chi connectivity index (χ0) is 13.8. The quantitative estimate of drug-likeness (QED) is 0.854. The molecule has 0 radical (unpaired) electrons. The zero-order valence-corrected chi connectivity index (χ0v) is 11.7. The van der Waals surface area contributed by atoms with Gasteiger partial charge in [-0.2, -0.15) is 0 Å². The van der Waals surface area contributed by atoms with Crippen LogP contribution in [-0.4, -0.2) is 12.1 Å². The molecule has 0 atom stereocenters. The Hall–Kier alpha value is -1.65. The highest BCUT2D eigenvalue weighted by Gasteiger charge is 2.05. The summed E-state index contributed by atoms with van der Waals surface area (Å²) in [5.74, 6) is 0.305. The number of nitrogens with one attached hydrogen (secondary N) is 1. The molecule has 2 aromatic carbocycles. The van der Waals surface area contributed by atoms with Crippen molar-refractivity contribution < 1.29 is 9.13 Å². The predicted octanol–water partition coefficient (Wildman–Crippen LogP) is 4.28. The molecule has 0 heterocycles. The van der Waals surface area contributed by atoms with Gasteiger partial charge >= 0.3 is 0 Å². The van der Waals surface area contributed by atoms with Crippen LogP contribution >= 0.6 is 23.8 Å².